The van der Waals surface area contributed by atoms with Crippen LogP contribution in [0.3, 0.4) is 0 Å². The third kappa shape index (κ3) is 4.71. The minimum Gasteiger partial charge on any atom is -0.493 e. The standard InChI is InChI=1S/C18H19Cl2NO4/c1-23-14-9-12(10-15(24-2)18(14)25-3)21-16(22)8-7-11-5-4-6-13(19)17(11)20/h4-6,9-10H,7-8H2,1-3H3,(H,21,22). The molecule has 0 aliphatic carbocycles. The van der Waals surface area contributed by atoms with Gasteiger partial charge in [-0.25, -0.2) is 0 Å². The second-order valence-corrected chi connectivity index (χ2v) is 5.96. The van der Waals surface area contributed by atoms with Crippen molar-refractivity contribution in [3.05, 3.63) is 45.9 Å². The van der Waals surface area contributed by atoms with Gasteiger partial charge >= 0.3 is 0 Å². The number of amides is 1. The Bertz CT molecular complexity index is 740. The van der Waals surface area contributed by atoms with E-state index in [0.717, 1.165) is 5.56 Å². The molecular formula is C18H19Cl2NO4. The lowest BCUT2D eigenvalue weighted by molar-refractivity contribution is -0.116. The predicted molar refractivity (Wildman–Crippen MR) is 99.5 cm³/mol. The summed E-state index contributed by atoms with van der Waals surface area (Å²) in [7, 11) is 4.56. The average Bonchev–Trinajstić information content (AvgIpc) is 2.62. The zero-order chi connectivity index (χ0) is 18.4. The maximum atomic E-state index is 12.2. The molecule has 25 heavy (non-hydrogen) atoms. The number of rotatable bonds is 7. The van der Waals surface area contributed by atoms with Gasteiger partial charge < -0.3 is 19.5 Å². The van der Waals surface area contributed by atoms with E-state index in [-0.39, 0.29) is 12.3 Å². The van der Waals surface area contributed by atoms with E-state index in [0.29, 0.717) is 39.4 Å². The van der Waals surface area contributed by atoms with Crippen molar-refractivity contribution in [3.8, 4) is 17.2 Å². The fourth-order valence-corrected chi connectivity index (χ4v) is 2.78. The first-order chi connectivity index (χ1) is 12.0. The largest absolute Gasteiger partial charge is 0.493 e. The third-order valence-corrected chi connectivity index (χ3v) is 4.46. The van der Waals surface area contributed by atoms with Gasteiger partial charge in [0.25, 0.3) is 0 Å². The monoisotopic (exact) mass is 383 g/mol. The van der Waals surface area contributed by atoms with Crippen molar-refractivity contribution in [1.82, 2.24) is 0 Å². The Balaban J connectivity index is 2.08. The quantitative estimate of drug-likeness (QED) is 0.759. The lowest BCUT2D eigenvalue weighted by Gasteiger charge is -2.14. The smallest absolute Gasteiger partial charge is 0.224 e. The van der Waals surface area contributed by atoms with E-state index >= 15 is 0 Å². The molecule has 0 bridgehead atoms. The summed E-state index contributed by atoms with van der Waals surface area (Å²) in [5, 5.41) is 3.77. The van der Waals surface area contributed by atoms with E-state index in [9.17, 15) is 4.79 Å². The second kappa shape index (κ2) is 8.83. The number of nitrogens with one attached hydrogen (secondary N) is 1. The summed E-state index contributed by atoms with van der Waals surface area (Å²) < 4.78 is 15.8. The van der Waals surface area contributed by atoms with Gasteiger partial charge in [-0.05, 0) is 18.1 Å². The lowest BCUT2D eigenvalue weighted by atomic mass is 10.1. The summed E-state index contributed by atoms with van der Waals surface area (Å²) in [5.74, 6) is 1.24. The zero-order valence-electron chi connectivity index (χ0n) is 14.2. The van der Waals surface area contributed by atoms with Gasteiger partial charge in [-0.3, -0.25) is 4.79 Å². The first kappa shape index (κ1) is 19.2. The van der Waals surface area contributed by atoms with Crippen LogP contribution in [0.1, 0.15) is 12.0 Å². The molecule has 0 heterocycles. The molecule has 0 spiro atoms. The van der Waals surface area contributed by atoms with E-state index < -0.39 is 0 Å². The Kier molecular flexibility index (Phi) is 6.79. The van der Waals surface area contributed by atoms with E-state index in [4.69, 9.17) is 37.4 Å². The van der Waals surface area contributed by atoms with Gasteiger partial charge in [-0.15, -0.1) is 0 Å². The summed E-state index contributed by atoms with van der Waals surface area (Å²) in [5.41, 5.74) is 1.38. The lowest BCUT2D eigenvalue weighted by Crippen LogP contribution is -2.13. The highest BCUT2D eigenvalue weighted by atomic mass is 35.5. The maximum Gasteiger partial charge on any atom is 0.224 e. The molecule has 2 aromatic carbocycles. The number of benzene rings is 2. The molecule has 0 aliphatic rings. The average molecular weight is 384 g/mol. The molecule has 134 valence electrons. The Morgan fingerprint density at radius 3 is 2.24 bits per heavy atom. The molecule has 0 fully saturated rings. The first-order valence-electron chi connectivity index (χ1n) is 7.53. The van der Waals surface area contributed by atoms with Crippen LogP contribution in [0.5, 0.6) is 17.2 Å². The van der Waals surface area contributed by atoms with Gasteiger partial charge in [0, 0.05) is 24.2 Å². The van der Waals surface area contributed by atoms with E-state index in [1.807, 2.05) is 6.07 Å². The molecule has 0 saturated heterocycles. The molecule has 1 amide bonds. The van der Waals surface area contributed by atoms with E-state index in [1.54, 1.807) is 24.3 Å². The van der Waals surface area contributed by atoms with Crippen LogP contribution in [0.15, 0.2) is 30.3 Å². The van der Waals surface area contributed by atoms with Gasteiger partial charge in [0.1, 0.15) is 0 Å². The highest BCUT2D eigenvalue weighted by Gasteiger charge is 2.15. The summed E-state index contributed by atoms with van der Waals surface area (Å²) >= 11 is 12.1. The number of hydrogen-bond acceptors (Lipinski definition) is 4. The SMILES string of the molecule is COc1cc(NC(=O)CCc2cccc(Cl)c2Cl)cc(OC)c1OC. The molecule has 2 rings (SSSR count). The first-order valence-corrected chi connectivity index (χ1v) is 8.28. The highest BCUT2D eigenvalue weighted by Crippen LogP contribution is 2.40. The second-order valence-electron chi connectivity index (χ2n) is 5.18. The van der Waals surface area contributed by atoms with Gasteiger partial charge in [0.05, 0.1) is 31.4 Å². The van der Waals surface area contributed by atoms with Crippen LogP contribution in [0.2, 0.25) is 10.0 Å². The molecule has 0 saturated carbocycles. The molecule has 1 N–H and O–H groups in total. The third-order valence-electron chi connectivity index (χ3n) is 3.60. The van der Waals surface area contributed by atoms with Crippen LogP contribution in [0.4, 0.5) is 5.69 Å². The Labute approximate surface area is 156 Å². The van der Waals surface area contributed by atoms with Crippen molar-refractivity contribution < 1.29 is 19.0 Å². The number of methoxy groups -OCH3 is 3. The summed E-state index contributed by atoms with van der Waals surface area (Å²) in [6, 6.07) is 8.71. The number of carbonyl (C=O) groups is 1. The molecule has 0 aromatic heterocycles. The topological polar surface area (TPSA) is 56.8 Å². The molecule has 0 radical (unpaired) electrons. The van der Waals surface area contributed by atoms with Crippen LogP contribution in [-0.4, -0.2) is 27.2 Å². The van der Waals surface area contributed by atoms with E-state index in [1.165, 1.54) is 21.3 Å². The van der Waals surface area contributed by atoms with Crippen molar-refractivity contribution in [2.24, 2.45) is 0 Å². The Morgan fingerprint density at radius 1 is 1.04 bits per heavy atom. The van der Waals surface area contributed by atoms with Crippen LogP contribution in [0.25, 0.3) is 0 Å². The molecule has 5 nitrogen and oxygen atoms in total. The van der Waals surface area contributed by atoms with Crippen molar-refractivity contribution in [2.75, 3.05) is 26.6 Å². The fourth-order valence-electron chi connectivity index (χ4n) is 2.37. The maximum absolute atomic E-state index is 12.2. The number of ether oxygens (including phenoxy) is 3. The number of carbonyl (C=O) groups excluding carboxylic acids is 1. The number of halogens is 2. The van der Waals surface area contributed by atoms with Crippen molar-refractivity contribution in [2.45, 2.75) is 12.8 Å². The number of anilines is 1. The molecule has 0 atom stereocenters. The van der Waals surface area contributed by atoms with Crippen LogP contribution in [0, 0.1) is 0 Å². The molecule has 0 aliphatic heterocycles. The van der Waals surface area contributed by atoms with Crippen molar-refractivity contribution in [1.29, 1.82) is 0 Å². The minimum atomic E-state index is -0.162. The van der Waals surface area contributed by atoms with Gasteiger partial charge in [-0.1, -0.05) is 35.3 Å². The minimum absolute atomic E-state index is 0.162. The molecular weight excluding hydrogens is 365 g/mol. The molecule has 7 heteroatoms. The van der Waals surface area contributed by atoms with Gasteiger partial charge in [0.15, 0.2) is 11.5 Å². The highest BCUT2D eigenvalue weighted by molar-refractivity contribution is 6.42. The normalized spacial score (nSPS) is 10.3. The van der Waals surface area contributed by atoms with E-state index in [2.05, 4.69) is 5.32 Å². The van der Waals surface area contributed by atoms with Crippen LogP contribution < -0.4 is 19.5 Å². The van der Waals surface area contributed by atoms with Crippen LogP contribution >= 0.6 is 23.2 Å². The Morgan fingerprint density at radius 2 is 1.68 bits per heavy atom. The van der Waals surface area contributed by atoms with Crippen LogP contribution in [-0.2, 0) is 11.2 Å². The summed E-state index contributed by atoms with van der Waals surface area (Å²) in [6.45, 7) is 0. The summed E-state index contributed by atoms with van der Waals surface area (Å²) in [6.07, 6.45) is 0.742. The van der Waals surface area contributed by atoms with Gasteiger partial charge in [0.2, 0.25) is 11.7 Å². The molecule has 2 aromatic rings. The fraction of sp³-hybridized carbons (Fsp3) is 0.278. The number of hydrogen-bond donors (Lipinski definition) is 1. The number of aryl methyl sites for hydroxylation is 1. The zero-order valence-corrected chi connectivity index (χ0v) is 15.7. The predicted octanol–water partition coefficient (Wildman–Crippen LogP) is 4.59. The van der Waals surface area contributed by atoms with Gasteiger partial charge in [-0.2, -0.15) is 0 Å². The van der Waals surface area contributed by atoms with Crippen molar-refractivity contribution >= 4 is 34.8 Å². The summed E-state index contributed by atoms with van der Waals surface area (Å²) in [4.78, 5) is 12.2. The molecule has 0 unspecified atom stereocenters. The Hall–Kier alpha value is -2.11. The van der Waals surface area contributed by atoms with Crippen molar-refractivity contribution in [3.63, 3.8) is 0 Å².